The third-order valence-electron chi connectivity index (χ3n) is 2.62. The van der Waals surface area contributed by atoms with Crippen LogP contribution < -0.4 is 5.73 Å². The fraction of sp³-hybridized carbons (Fsp3) is 0.636. The number of unbranched alkanes of at least 4 members (excludes halogenated alkanes) is 2. The summed E-state index contributed by atoms with van der Waals surface area (Å²) in [4.78, 5) is 1.26. The molecule has 17 heavy (non-hydrogen) atoms. The molecule has 0 spiro atoms. The number of nitrogens with two attached hydrogens (primary N) is 1. The lowest BCUT2D eigenvalue weighted by atomic mass is 10.2. The van der Waals surface area contributed by atoms with E-state index >= 15 is 0 Å². The van der Waals surface area contributed by atoms with Crippen molar-refractivity contribution in [2.24, 2.45) is 5.73 Å². The molecule has 0 aliphatic heterocycles. The molecule has 0 unspecified atom stereocenters. The molecule has 0 saturated carbocycles. The van der Waals surface area contributed by atoms with Crippen LogP contribution in [-0.4, -0.2) is 26.3 Å². The number of rotatable bonds is 7. The molecule has 4 nitrogen and oxygen atoms in total. The lowest BCUT2D eigenvalue weighted by molar-refractivity contribution is 0.454. The highest BCUT2D eigenvalue weighted by Gasteiger charge is 2.21. The van der Waals surface area contributed by atoms with Crippen LogP contribution >= 0.6 is 11.3 Å². The van der Waals surface area contributed by atoms with Gasteiger partial charge in [0.25, 0.3) is 0 Å². The minimum Gasteiger partial charge on any atom is -0.326 e. The Morgan fingerprint density at radius 1 is 1.41 bits per heavy atom. The Kier molecular flexibility index (Phi) is 5.58. The molecule has 0 aliphatic carbocycles. The molecule has 0 aromatic carbocycles. The number of sulfonamides is 1. The van der Waals surface area contributed by atoms with Gasteiger partial charge in [-0.1, -0.05) is 19.8 Å². The maximum atomic E-state index is 12.1. The van der Waals surface area contributed by atoms with E-state index in [2.05, 4.69) is 6.92 Å². The van der Waals surface area contributed by atoms with Crippen LogP contribution in [0.1, 0.15) is 31.1 Å². The van der Waals surface area contributed by atoms with E-state index < -0.39 is 10.0 Å². The van der Waals surface area contributed by atoms with E-state index in [4.69, 9.17) is 5.73 Å². The quantitative estimate of drug-likeness (QED) is 0.775. The molecule has 0 atom stereocenters. The zero-order chi connectivity index (χ0) is 12.9. The standard InChI is InChI=1S/C11H20N2O2S2/c1-3-4-5-6-13(2)17(14,15)11-7-10(8-12)16-9-11/h7,9H,3-6,8,12H2,1-2H3. The van der Waals surface area contributed by atoms with Crippen molar-refractivity contribution < 1.29 is 8.42 Å². The summed E-state index contributed by atoms with van der Waals surface area (Å²) in [5.41, 5.74) is 5.48. The van der Waals surface area contributed by atoms with Gasteiger partial charge in [-0.15, -0.1) is 11.3 Å². The van der Waals surface area contributed by atoms with Gasteiger partial charge < -0.3 is 5.73 Å². The van der Waals surface area contributed by atoms with Crippen molar-refractivity contribution in [2.45, 2.75) is 37.6 Å². The second kappa shape index (κ2) is 6.49. The van der Waals surface area contributed by atoms with Gasteiger partial charge in [0.05, 0.1) is 4.90 Å². The first-order valence-corrected chi connectivity index (χ1v) is 8.08. The Balaban J connectivity index is 2.73. The van der Waals surface area contributed by atoms with E-state index in [0.29, 0.717) is 18.0 Å². The Morgan fingerprint density at radius 3 is 2.65 bits per heavy atom. The molecule has 0 aliphatic rings. The molecule has 6 heteroatoms. The molecule has 0 fully saturated rings. The largest absolute Gasteiger partial charge is 0.326 e. The molecule has 2 N–H and O–H groups in total. The van der Waals surface area contributed by atoms with Crippen LogP contribution in [0, 0.1) is 0 Å². The summed E-state index contributed by atoms with van der Waals surface area (Å²) >= 11 is 1.39. The van der Waals surface area contributed by atoms with Gasteiger partial charge in [0.2, 0.25) is 10.0 Å². The predicted octanol–water partition coefficient (Wildman–Crippen LogP) is 2.02. The Hall–Kier alpha value is -0.430. The van der Waals surface area contributed by atoms with Crippen LogP contribution in [-0.2, 0) is 16.6 Å². The Bertz CT molecular complexity index is 440. The topological polar surface area (TPSA) is 63.4 Å². The Labute approximate surface area is 107 Å². The van der Waals surface area contributed by atoms with Crippen LogP contribution in [0.4, 0.5) is 0 Å². The summed E-state index contributed by atoms with van der Waals surface area (Å²) < 4.78 is 25.7. The van der Waals surface area contributed by atoms with Gasteiger partial charge in [0, 0.05) is 30.4 Å². The number of hydrogen-bond acceptors (Lipinski definition) is 4. The highest BCUT2D eigenvalue weighted by atomic mass is 32.2. The summed E-state index contributed by atoms with van der Waals surface area (Å²) in [6.45, 7) is 3.06. The van der Waals surface area contributed by atoms with Gasteiger partial charge in [0.15, 0.2) is 0 Å². The van der Waals surface area contributed by atoms with Gasteiger partial charge in [0.1, 0.15) is 0 Å². The minimum absolute atomic E-state index is 0.363. The van der Waals surface area contributed by atoms with E-state index in [1.807, 2.05) is 0 Å². The van der Waals surface area contributed by atoms with E-state index in [0.717, 1.165) is 24.1 Å². The number of thiophene rings is 1. The molecule has 1 heterocycles. The molecule has 1 aromatic rings. The van der Waals surface area contributed by atoms with Crippen molar-refractivity contribution in [1.29, 1.82) is 0 Å². The summed E-state index contributed by atoms with van der Waals surface area (Å²) in [5, 5.41) is 1.66. The van der Waals surface area contributed by atoms with E-state index in [1.54, 1.807) is 18.5 Å². The van der Waals surface area contributed by atoms with Gasteiger partial charge in [-0.2, -0.15) is 0 Å². The summed E-state index contributed by atoms with van der Waals surface area (Å²) in [7, 11) is -1.69. The van der Waals surface area contributed by atoms with E-state index in [-0.39, 0.29) is 0 Å². The fourth-order valence-corrected chi connectivity index (χ4v) is 3.84. The molecule has 1 aromatic heterocycles. The SMILES string of the molecule is CCCCCN(C)S(=O)(=O)c1csc(CN)c1. The van der Waals surface area contributed by atoms with Gasteiger partial charge in [-0.05, 0) is 12.5 Å². The molecule has 0 bridgehead atoms. The smallest absolute Gasteiger partial charge is 0.243 e. The molecule has 0 radical (unpaired) electrons. The molecule has 98 valence electrons. The number of hydrogen-bond donors (Lipinski definition) is 1. The third-order valence-corrected chi connectivity index (χ3v) is 5.56. The second-order valence-corrected chi connectivity index (χ2v) is 7.03. The van der Waals surface area contributed by atoms with Crippen molar-refractivity contribution in [3.8, 4) is 0 Å². The number of nitrogens with zero attached hydrogens (tertiary/aromatic N) is 1. The highest BCUT2D eigenvalue weighted by molar-refractivity contribution is 7.89. The van der Waals surface area contributed by atoms with Crippen LogP contribution in [0.3, 0.4) is 0 Å². The van der Waals surface area contributed by atoms with Gasteiger partial charge in [-0.25, -0.2) is 12.7 Å². The summed E-state index contributed by atoms with van der Waals surface area (Å²) in [5.74, 6) is 0. The lowest BCUT2D eigenvalue weighted by Gasteiger charge is -2.15. The minimum atomic E-state index is -3.32. The van der Waals surface area contributed by atoms with Crippen LogP contribution in [0.2, 0.25) is 0 Å². The molecular formula is C11H20N2O2S2. The molecule has 0 amide bonds. The first kappa shape index (κ1) is 14.6. The van der Waals surface area contributed by atoms with Crippen LogP contribution in [0.25, 0.3) is 0 Å². The maximum Gasteiger partial charge on any atom is 0.243 e. The summed E-state index contributed by atoms with van der Waals surface area (Å²) in [6.07, 6.45) is 3.04. The normalized spacial score (nSPS) is 12.2. The first-order valence-electron chi connectivity index (χ1n) is 5.76. The molecule has 1 rings (SSSR count). The predicted molar refractivity (Wildman–Crippen MR) is 71.6 cm³/mol. The second-order valence-electron chi connectivity index (χ2n) is 3.99. The third kappa shape index (κ3) is 3.77. The van der Waals surface area contributed by atoms with E-state index in [9.17, 15) is 8.42 Å². The van der Waals surface area contributed by atoms with Gasteiger partial charge in [-0.3, -0.25) is 0 Å². The maximum absolute atomic E-state index is 12.1. The van der Waals surface area contributed by atoms with Crippen molar-refractivity contribution >= 4 is 21.4 Å². The van der Waals surface area contributed by atoms with Crippen molar-refractivity contribution in [1.82, 2.24) is 4.31 Å². The van der Waals surface area contributed by atoms with Crippen LogP contribution in [0.5, 0.6) is 0 Å². The molecular weight excluding hydrogens is 256 g/mol. The molecule has 0 saturated heterocycles. The first-order chi connectivity index (χ1) is 8.02. The zero-order valence-corrected chi connectivity index (χ0v) is 12.0. The highest BCUT2D eigenvalue weighted by Crippen LogP contribution is 2.21. The lowest BCUT2D eigenvalue weighted by Crippen LogP contribution is -2.27. The monoisotopic (exact) mass is 276 g/mol. The van der Waals surface area contributed by atoms with Crippen LogP contribution in [0.15, 0.2) is 16.3 Å². The summed E-state index contributed by atoms with van der Waals surface area (Å²) in [6, 6.07) is 1.66. The van der Waals surface area contributed by atoms with Crippen molar-refractivity contribution in [3.05, 3.63) is 16.3 Å². The van der Waals surface area contributed by atoms with E-state index in [1.165, 1.54) is 15.6 Å². The fourth-order valence-electron chi connectivity index (χ4n) is 1.49. The Morgan fingerprint density at radius 2 is 2.12 bits per heavy atom. The zero-order valence-electron chi connectivity index (χ0n) is 10.3. The van der Waals surface area contributed by atoms with Crippen molar-refractivity contribution in [2.75, 3.05) is 13.6 Å². The average molecular weight is 276 g/mol. The van der Waals surface area contributed by atoms with Gasteiger partial charge >= 0.3 is 0 Å². The average Bonchev–Trinajstić information content (AvgIpc) is 2.78. The van der Waals surface area contributed by atoms with Crippen molar-refractivity contribution in [3.63, 3.8) is 0 Å².